The van der Waals surface area contributed by atoms with Crippen LogP contribution in [-0.2, 0) is 22.4 Å². The predicted molar refractivity (Wildman–Crippen MR) is 111 cm³/mol. The number of aliphatic hydroxyl groups excluding tert-OH is 1. The van der Waals surface area contributed by atoms with Crippen LogP contribution < -0.4 is 0 Å². The first kappa shape index (κ1) is 21.8. The molecule has 0 aliphatic rings. The van der Waals surface area contributed by atoms with Crippen LogP contribution in [0.3, 0.4) is 0 Å². The average molecular weight is 384 g/mol. The lowest BCUT2D eigenvalue weighted by Gasteiger charge is -2.15. The van der Waals surface area contributed by atoms with E-state index in [2.05, 4.69) is 13.5 Å². The third-order valence-corrected chi connectivity index (χ3v) is 4.72. The van der Waals surface area contributed by atoms with Gasteiger partial charge in [-0.05, 0) is 54.5 Å². The van der Waals surface area contributed by atoms with E-state index in [1.165, 1.54) is 0 Å². The Morgan fingerprint density at radius 1 is 1.18 bits per heavy atom. The van der Waals surface area contributed by atoms with Crippen molar-refractivity contribution in [3.05, 3.63) is 71.6 Å². The van der Waals surface area contributed by atoms with Crippen LogP contribution in [0.15, 0.2) is 54.6 Å². The molecule has 2 aromatic carbocycles. The van der Waals surface area contributed by atoms with Crippen molar-refractivity contribution in [2.75, 3.05) is 13.2 Å². The fraction of sp³-hybridized carbons (Fsp3) is 0.375. The Hall–Kier alpha value is -2.46. The topological polar surface area (TPSA) is 46.5 Å². The Morgan fingerprint density at radius 2 is 1.86 bits per heavy atom. The van der Waals surface area contributed by atoms with Crippen LogP contribution >= 0.6 is 0 Å². The van der Waals surface area contributed by atoms with Crippen molar-refractivity contribution in [3.63, 3.8) is 0 Å². The molecule has 1 atom stereocenters. The maximum atomic E-state index is 14.3. The maximum absolute atomic E-state index is 14.3. The third kappa shape index (κ3) is 6.31. The highest BCUT2D eigenvalue weighted by molar-refractivity contribution is 5.86. The fourth-order valence-corrected chi connectivity index (χ4v) is 2.96. The number of carbonyl (C=O) groups is 1. The van der Waals surface area contributed by atoms with Gasteiger partial charge in [0.2, 0.25) is 0 Å². The van der Waals surface area contributed by atoms with Crippen molar-refractivity contribution in [1.82, 2.24) is 0 Å². The highest BCUT2D eigenvalue weighted by atomic mass is 19.1. The van der Waals surface area contributed by atoms with E-state index in [1.54, 1.807) is 13.0 Å². The van der Waals surface area contributed by atoms with Gasteiger partial charge in [-0.25, -0.2) is 9.18 Å². The van der Waals surface area contributed by atoms with E-state index in [1.807, 2.05) is 36.4 Å². The van der Waals surface area contributed by atoms with Crippen LogP contribution in [0.5, 0.6) is 0 Å². The number of ether oxygens (including phenoxy) is 1. The van der Waals surface area contributed by atoms with E-state index in [0.29, 0.717) is 12.0 Å². The standard InChI is InChI=1S/C24H29FO3/c1-4-5-6-21-11-12-22(14-23(21)25)20-9-7-18(8-10-20)13-19(15-26)16-28-24(27)17(2)3/h7-12,14,19,26H,2,4-6,13,15-16H2,1,3H3. The molecule has 0 bridgehead atoms. The lowest BCUT2D eigenvalue weighted by Crippen LogP contribution is -2.19. The van der Waals surface area contributed by atoms with Crippen LogP contribution in [0.1, 0.15) is 37.8 Å². The van der Waals surface area contributed by atoms with Gasteiger partial charge < -0.3 is 9.84 Å². The van der Waals surface area contributed by atoms with E-state index in [4.69, 9.17) is 4.74 Å². The van der Waals surface area contributed by atoms with Crippen molar-refractivity contribution >= 4 is 5.97 Å². The molecule has 3 nitrogen and oxygen atoms in total. The van der Waals surface area contributed by atoms with Gasteiger partial charge in [0.1, 0.15) is 5.82 Å². The Bertz CT molecular complexity index is 796. The van der Waals surface area contributed by atoms with E-state index < -0.39 is 5.97 Å². The van der Waals surface area contributed by atoms with Crippen molar-refractivity contribution in [1.29, 1.82) is 0 Å². The second kappa shape index (κ2) is 10.8. The summed E-state index contributed by atoms with van der Waals surface area (Å²) in [5, 5.41) is 9.53. The number of hydrogen-bond donors (Lipinski definition) is 1. The zero-order valence-corrected chi connectivity index (χ0v) is 16.7. The lowest BCUT2D eigenvalue weighted by molar-refractivity contribution is -0.140. The van der Waals surface area contributed by atoms with E-state index in [9.17, 15) is 14.3 Å². The largest absolute Gasteiger partial charge is 0.462 e. The molecule has 0 aromatic heterocycles. The summed E-state index contributed by atoms with van der Waals surface area (Å²) in [4.78, 5) is 11.5. The Labute approximate surface area is 166 Å². The molecule has 0 saturated heterocycles. The number of carbonyl (C=O) groups excluding carboxylic acids is 1. The van der Waals surface area contributed by atoms with Crippen molar-refractivity contribution in [2.24, 2.45) is 5.92 Å². The van der Waals surface area contributed by atoms with Gasteiger partial charge in [0.15, 0.2) is 0 Å². The number of hydrogen-bond acceptors (Lipinski definition) is 3. The average Bonchev–Trinajstić information content (AvgIpc) is 2.70. The van der Waals surface area contributed by atoms with Crippen molar-refractivity contribution in [2.45, 2.75) is 39.5 Å². The summed E-state index contributed by atoms with van der Waals surface area (Å²) in [7, 11) is 0. The zero-order chi connectivity index (χ0) is 20.5. The summed E-state index contributed by atoms with van der Waals surface area (Å²) < 4.78 is 19.4. The van der Waals surface area contributed by atoms with Gasteiger partial charge >= 0.3 is 5.97 Å². The molecule has 2 aromatic rings. The summed E-state index contributed by atoms with van der Waals surface area (Å²) in [6.07, 6.45) is 3.38. The first-order valence-corrected chi connectivity index (χ1v) is 9.75. The quantitative estimate of drug-likeness (QED) is 0.458. The van der Waals surface area contributed by atoms with Crippen molar-refractivity contribution in [3.8, 4) is 11.1 Å². The minimum atomic E-state index is -0.446. The molecule has 0 fully saturated rings. The molecule has 150 valence electrons. The first-order valence-electron chi connectivity index (χ1n) is 9.75. The molecule has 2 rings (SSSR count). The molecule has 0 spiro atoms. The number of esters is 1. The second-order valence-corrected chi connectivity index (χ2v) is 7.24. The van der Waals surface area contributed by atoms with E-state index in [0.717, 1.165) is 41.5 Å². The molecule has 1 unspecified atom stereocenters. The number of halogens is 1. The van der Waals surface area contributed by atoms with E-state index >= 15 is 0 Å². The smallest absolute Gasteiger partial charge is 0.333 e. The monoisotopic (exact) mass is 384 g/mol. The minimum Gasteiger partial charge on any atom is -0.462 e. The fourth-order valence-electron chi connectivity index (χ4n) is 2.96. The van der Waals surface area contributed by atoms with Crippen LogP contribution in [0.2, 0.25) is 0 Å². The molecule has 0 aliphatic heterocycles. The summed E-state index contributed by atoms with van der Waals surface area (Å²) in [5.41, 5.74) is 3.91. The number of aryl methyl sites for hydroxylation is 1. The molecule has 0 aliphatic carbocycles. The normalized spacial score (nSPS) is 11.9. The Morgan fingerprint density at radius 3 is 2.43 bits per heavy atom. The van der Waals surface area contributed by atoms with Crippen LogP contribution in [0, 0.1) is 11.7 Å². The lowest BCUT2D eigenvalue weighted by atomic mass is 9.97. The molecule has 4 heteroatoms. The van der Waals surface area contributed by atoms with Crippen molar-refractivity contribution < 1.29 is 19.0 Å². The van der Waals surface area contributed by atoms with E-state index in [-0.39, 0.29) is 24.9 Å². The molecular weight excluding hydrogens is 355 g/mol. The third-order valence-electron chi connectivity index (χ3n) is 4.72. The van der Waals surface area contributed by atoms with Gasteiger partial charge in [0.25, 0.3) is 0 Å². The molecular formula is C24H29FO3. The molecule has 0 heterocycles. The van der Waals surface area contributed by atoms with Gasteiger partial charge in [-0.3, -0.25) is 0 Å². The highest BCUT2D eigenvalue weighted by Crippen LogP contribution is 2.24. The number of aliphatic hydroxyl groups is 1. The van der Waals surface area contributed by atoms with Gasteiger partial charge in [-0.15, -0.1) is 0 Å². The van der Waals surface area contributed by atoms with Gasteiger partial charge in [0, 0.05) is 18.1 Å². The molecule has 0 radical (unpaired) electrons. The van der Waals surface area contributed by atoms with Gasteiger partial charge in [-0.2, -0.15) is 0 Å². The second-order valence-electron chi connectivity index (χ2n) is 7.24. The molecule has 1 N–H and O–H groups in total. The maximum Gasteiger partial charge on any atom is 0.333 e. The first-order chi connectivity index (χ1) is 13.4. The molecule has 0 amide bonds. The number of benzene rings is 2. The predicted octanol–water partition coefficient (Wildman–Crippen LogP) is 5.11. The Kier molecular flexibility index (Phi) is 8.40. The summed E-state index contributed by atoms with van der Waals surface area (Å²) in [6.45, 7) is 7.31. The molecule has 28 heavy (non-hydrogen) atoms. The minimum absolute atomic E-state index is 0.0738. The number of unbranched alkanes of at least 4 members (excludes halogenated alkanes) is 1. The summed E-state index contributed by atoms with van der Waals surface area (Å²) in [5.74, 6) is -0.780. The summed E-state index contributed by atoms with van der Waals surface area (Å²) >= 11 is 0. The molecule has 0 saturated carbocycles. The zero-order valence-electron chi connectivity index (χ0n) is 16.7. The number of rotatable bonds is 10. The highest BCUT2D eigenvalue weighted by Gasteiger charge is 2.13. The van der Waals surface area contributed by atoms with Crippen LogP contribution in [0.25, 0.3) is 11.1 Å². The van der Waals surface area contributed by atoms with Crippen LogP contribution in [0.4, 0.5) is 4.39 Å². The van der Waals surface area contributed by atoms with Crippen LogP contribution in [-0.4, -0.2) is 24.3 Å². The SMILES string of the molecule is C=C(C)C(=O)OCC(CO)Cc1ccc(-c2ccc(CCCC)c(F)c2)cc1. The van der Waals surface area contributed by atoms with Gasteiger partial charge in [-0.1, -0.05) is 56.3 Å². The Balaban J connectivity index is 2.01. The summed E-state index contributed by atoms with van der Waals surface area (Å²) in [6, 6.07) is 13.2. The van der Waals surface area contributed by atoms with Gasteiger partial charge in [0.05, 0.1) is 6.61 Å².